The van der Waals surface area contributed by atoms with Crippen LogP contribution in [0, 0.1) is 17.1 Å². The number of hydrogen-bond acceptors (Lipinski definition) is 2. The third-order valence-electron chi connectivity index (χ3n) is 3.13. The molecular weight excluding hydrogens is 289 g/mol. The molecule has 0 saturated carbocycles. The molecule has 2 nitrogen and oxygen atoms in total. The highest BCUT2D eigenvalue weighted by Crippen LogP contribution is 2.22. The molecule has 2 aromatic carbocycles. The van der Waals surface area contributed by atoms with Crippen LogP contribution < -0.4 is 4.74 Å². The van der Waals surface area contributed by atoms with Gasteiger partial charge in [0.05, 0.1) is 18.6 Å². The number of ether oxygens (including phenoxy) is 1. The maximum Gasteiger partial charge on any atom is 0.126 e. The second-order valence-corrected chi connectivity index (χ2v) is 5.12. The molecule has 0 spiro atoms. The van der Waals surface area contributed by atoms with Gasteiger partial charge < -0.3 is 4.74 Å². The highest BCUT2D eigenvalue weighted by molar-refractivity contribution is 6.30. The third-order valence-corrected chi connectivity index (χ3v) is 3.38. The van der Waals surface area contributed by atoms with Crippen LogP contribution in [0.2, 0.25) is 5.02 Å². The Hall–Kier alpha value is -2.05. The Kier molecular flexibility index (Phi) is 5.59. The summed E-state index contributed by atoms with van der Waals surface area (Å²) in [5, 5.41) is 9.89. The van der Waals surface area contributed by atoms with Crippen LogP contribution in [0.5, 0.6) is 5.75 Å². The summed E-state index contributed by atoms with van der Waals surface area (Å²) < 4.78 is 18.4. The van der Waals surface area contributed by atoms with E-state index in [9.17, 15) is 9.65 Å². The first kappa shape index (κ1) is 15.3. The normalized spacial score (nSPS) is 11.7. The molecule has 0 amide bonds. The molecule has 0 saturated heterocycles. The van der Waals surface area contributed by atoms with Gasteiger partial charge in [0.2, 0.25) is 0 Å². The smallest absolute Gasteiger partial charge is 0.126 e. The zero-order valence-electron chi connectivity index (χ0n) is 11.4. The van der Waals surface area contributed by atoms with E-state index in [0.29, 0.717) is 23.8 Å². The standard InChI is InChI=1S/C17H15ClFNO/c18-15-8-6-13(7-9-15)14(12-20)3-2-10-21-17-5-1-4-16(19)11-17/h1,4-9,11,14H,2-3,10H2. The minimum atomic E-state index is -0.316. The van der Waals surface area contributed by atoms with Crippen molar-refractivity contribution in [3.63, 3.8) is 0 Å². The van der Waals surface area contributed by atoms with Gasteiger partial charge in [-0.15, -0.1) is 0 Å². The third kappa shape index (κ3) is 4.77. The van der Waals surface area contributed by atoms with Crippen LogP contribution in [0.15, 0.2) is 48.5 Å². The summed E-state index contributed by atoms with van der Waals surface area (Å²) >= 11 is 5.83. The minimum Gasteiger partial charge on any atom is -0.493 e. The predicted octanol–water partition coefficient (Wildman–Crippen LogP) is 4.95. The molecule has 0 heterocycles. The molecular formula is C17H15ClFNO. The Morgan fingerprint density at radius 1 is 1.19 bits per heavy atom. The highest BCUT2D eigenvalue weighted by atomic mass is 35.5. The van der Waals surface area contributed by atoms with Gasteiger partial charge in [0.25, 0.3) is 0 Å². The topological polar surface area (TPSA) is 33.0 Å². The van der Waals surface area contributed by atoms with Crippen LogP contribution in [0.25, 0.3) is 0 Å². The van der Waals surface area contributed by atoms with Gasteiger partial charge in [-0.1, -0.05) is 29.8 Å². The van der Waals surface area contributed by atoms with Crippen molar-refractivity contribution in [1.29, 1.82) is 5.26 Å². The van der Waals surface area contributed by atoms with Crippen molar-refractivity contribution in [2.75, 3.05) is 6.61 Å². The van der Waals surface area contributed by atoms with Gasteiger partial charge in [0, 0.05) is 11.1 Å². The fourth-order valence-corrected chi connectivity index (χ4v) is 2.16. The van der Waals surface area contributed by atoms with E-state index in [0.717, 1.165) is 12.0 Å². The van der Waals surface area contributed by atoms with Crippen molar-refractivity contribution in [3.8, 4) is 11.8 Å². The average molecular weight is 304 g/mol. The molecule has 0 radical (unpaired) electrons. The van der Waals surface area contributed by atoms with Crippen molar-refractivity contribution in [2.45, 2.75) is 18.8 Å². The molecule has 21 heavy (non-hydrogen) atoms. The first-order valence-electron chi connectivity index (χ1n) is 6.72. The van der Waals surface area contributed by atoms with E-state index in [-0.39, 0.29) is 11.7 Å². The molecule has 0 aliphatic heterocycles. The zero-order valence-corrected chi connectivity index (χ0v) is 12.2. The largest absolute Gasteiger partial charge is 0.493 e. The summed E-state index contributed by atoms with van der Waals surface area (Å²) in [6.07, 6.45) is 1.41. The lowest BCUT2D eigenvalue weighted by atomic mass is 9.96. The first-order valence-corrected chi connectivity index (χ1v) is 7.10. The second kappa shape index (κ2) is 7.66. The van der Waals surface area contributed by atoms with Gasteiger partial charge in [0.1, 0.15) is 11.6 Å². The van der Waals surface area contributed by atoms with E-state index in [4.69, 9.17) is 16.3 Å². The van der Waals surface area contributed by atoms with Crippen molar-refractivity contribution in [3.05, 3.63) is 64.9 Å². The number of hydrogen-bond donors (Lipinski definition) is 0. The van der Waals surface area contributed by atoms with Crippen LogP contribution in [-0.2, 0) is 0 Å². The van der Waals surface area contributed by atoms with Gasteiger partial charge in [0.15, 0.2) is 0 Å². The lowest BCUT2D eigenvalue weighted by molar-refractivity contribution is 0.303. The van der Waals surface area contributed by atoms with E-state index in [2.05, 4.69) is 6.07 Å². The molecule has 0 aromatic heterocycles. The van der Waals surface area contributed by atoms with Crippen molar-refractivity contribution < 1.29 is 9.13 Å². The Bertz CT molecular complexity index is 621. The van der Waals surface area contributed by atoms with Gasteiger partial charge >= 0.3 is 0 Å². The van der Waals surface area contributed by atoms with E-state index in [1.54, 1.807) is 24.3 Å². The molecule has 2 rings (SSSR count). The number of benzene rings is 2. The second-order valence-electron chi connectivity index (χ2n) is 4.68. The molecule has 0 fully saturated rings. The number of nitriles is 1. The zero-order chi connectivity index (χ0) is 15.1. The predicted molar refractivity (Wildman–Crippen MR) is 80.9 cm³/mol. The summed E-state index contributed by atoms with van der Waals surface area (Å²) in [6.45, 7) is 0.454. The van der Waals surface area contributed by atoms with Crippen LogP contribution in [-0.4, -0.2) is 6.61 Å². The molecule has 0 aliphatic rings. The van der Waals surface area contributed by atoms with Crippen LogP contribution >= 0.6 is 11.6 Å². The van der Waals surface area contributed by atoms with Gasteiger partial charge in [-0.3, -0.25) is 0 Å². The maximum absolute atomic E-state index is 13.0. The number of halogens is 2. The fourth-order valence-electron chi connectivity index (χ4n) is 2.04. The van der Waals surface area contributed by atoms with Gasteiger partial charge in [-0.2, -0.15) is 5.26 Å². The minimum absolute atomic E-state index is 0.182. The summed E-state index contributed by atoms with van der Waals surface area (Å²) in [5.74, 6) is 0.0111. The number of rotatable bonds is 6. The Labute approximate surface area is 128 Å². The van der Waals surface area contributed by atoms with Gasteiger partial charge in [-0.25, -0.2) is 4.39 Å². The quantitative estimate of drug-likeness (QED) is 0.708. The molecule has 1 atom stereocenters. The molecule has 0 bridgehead atoms. The monoisotopic (exact) mass is 303 g/mol. The molecule has 4 heteroatoms. The molecule has 108 valence electrons. The van der Waals surface area contributed by atoms with E-state index in [1.807, 2.05) is 12.1 Å². The van der Waals surface area contributed by atoms with E-state index in [1.165, 1.54) is 12.1 Å². The Morgan fingerprint density at radius 3 is 2.62 bits per heavy atom. The summed E-state index contributed by atoms with van der Waals surface area (Å²) in [7, 11) is 0. The Balaban J connectivity index is 1.81. The SMILES string of the molecule is N#CC(CCCOc1cccc(F)c1)c1ccc(Cl)cc1. The molecule has 0 N–H and O–H groups in total. The Morgan fingerprint density at radius 2 is 1.95 bits per heavy atom. The lowest BCUT2D eigenvalue weighted by Crippen LogP contribution is -2.02. The van der Waals surface area contributed by atoms with E-state index < -0.39 is 0 Å². The number of nitrogens with zero attached hydrogens (tertiary/aromatic N) is 1. The summed E-state index contributed by atoms with van der Waals surface area (Å²) in [5.41, 5.74) is 0.952. The fraction of sp³-hybridized carbons (Fsp3) is 0.235. The summed E-state index contributed by atoms with van der Waals surface area (Å²) in [4.78, 5) is 0. The highest BCUT2D eigenvalue weighted by Gasteiger charge is 2.10. The van der Waals surface area contributed by atoms with Crippen LogP contribution in [0.3, 0.4) is 0 Å². The van der Waals surface area contributed by atoms with Crippen LogP contribution in [0.1, 0.15) is 24.3 Å². The van der Waals surface area contributed by atoms with Crippen molar-refractivity contribution >= 4 is 11.6 Å². The maximum atomic E-state index is 13.0. The van der Waals surface area contributed by atoms with Crippen molar-refractivity contribution in [2.24, 2.45) is 0 Å². The van der Waals surface area contributed by atoms with E-state index >= 15 is 0 Å². The molecule has 0 aliphatic carbocycles. The first-order chi connectivity index (χ1) is 10.2. The lowest BCUT2D eigenvalue weighted by Gasteiger charge is -2.10. The van der Waals surface area contributed by atoms with Crippen molar-refractivity contribution in [1.82, 2.24) is 0 Å². The average Bonchev–Trinajstić information content (AvgIpc) is 2.49. The summed E-state index contributed by atoms with van der Waals surface area (Å²) in [6, 6.07) is 15.6. The molecule has 2 aromatic rings. The van der Waals surface area contributed by atoms with Gasteiger partial charge in [-0.05, 0) is 42.7 Å². The molecule has 1 unspecified atom stereocenters. The van der Waals surface area contributed by atoms with Crippen LogP contribution in [0.4, 0.5) is 4.39 Å².